The van der Waals surface area contributed by atoms with E-state index >= 15 is 0 Å². The number of rotatable bonds is 7. The van der Waals surface area contributed by atoms with E-state index in [1.807, 2.05) is 54.6 Å². The molecule has 0 spiro atoms. The fourth-order valence-corrected chi connectivity index (χ4v) is 5.40. The van der Waals surface area contributed by atoms with Gasteiger partial charge in [0.05, 0.1) is 27.4 Å². The highest BCUT2D eigenvalue weighted by Crippen LogP contribution is 2.40. The zero-order valence-electron chi connectivity index (χ0n) is 19.3. The molecule has 1 fully saturated rings. The van der Waals surface area contributed by atoms with Crippen molar-refractivity contribution in [2.24, 2.45) is 0 Å². The molecular formula is C26H27N3O4S. The van der Waals surface area contributed by atoms with Crippen LogP contribution in [0.4, 0.5) is 5.13 Å². The van der Waals surface area contributed by atoms with Crippen molar-refractivity contribution in [3.63, 3.8) is 0 Å². The lowest BCUT2D eigenvalue weighted by Crippen LogP contribution is -2.43. The van der Waals surface area contributed by atoms with Crippen LogP contribution in [0.1, 0.15) is 10.4 Å². The van der Waals surface area contributed by atoms with E-state index in [9.17, 15) is 4.79 Å². The van der Waals surface area contributed by atoms with Crippen LogP contribution in [0.2, 0.25) is 0 Å². The van der Waals surface area contributed by atoms with Gasteiger partial charge in [0, 0.05) is 31.7 Å². The molecule has 1 amide bonds. The molecule has 4 aromatic rings. The summed E-state index contributed by atoms with van der Waals surface area (Å²) in [5.74, 6) is 1.30. The Labute approximate surface area is 202 Å². The molecule has 8 heteroatoms. The molecule has 1 aliphatic rings. The molecule has 0 atom stereocenters. The standard InChI is InChI=1S/C26H27N3O4S/c1-31-21-10-11-22(32-2)24-23(21)27-26(34-24)29(13-12-28-14-16-33-17-15-28)25(30)20-9-5-7-18-6-3-4-8-19(18)20/h3-11H,12-17H2,1-2H3. The summed E-state index contributed by atoms with van der Waals surface area (Å²) in [6.07, 6.45) is 0. The summed E-state index contributed by atoms with van der Waals surface area (Å²) in [6.45, 7) is 4.41. The van der Waals surface area contributed by atoms with Crippen molar-refractivity contribution in [3.05, 3.63) is 60.2 Å². The molecule has 1 aromatic heterocycles. The van der Waals surface area contributed by atoms with Crippen molar-refractivity contribution < 1.29 is 19.0 Å². The molecule has 0 unspecified atom stereocenters. The largest absolute Gasteiger partial charge is 0.495 e. The number of thiazole rings is 1. The summed E-state index contributed by atoms with van der Waals surface area (Å²) in [4.78, 5) is 23.0. The topological polar surface area (TPSA) is 64.1 Å². The van der Waals surface area contributed by atoms with Crippen molar-refractivity contribution in [3.8, 4) is 11.5 Å². The second-order valence-electron chi connectivity index (χ2n) is 8.08. The molecule has 0 saturated carbocycles. The Morgan fingerprint density at radius 3 is 2.56 bits per heavy atom. The maximum atomic E-state index is 14.0. The van der Waals surface area contributed by atoms with Crippen LogP contribution in [-0.2, 0) is 4.74 Å². The summed E-state index contributed by atoms with van der Waals surface area (Å²) in [5, 5.41) is 2.60. The summed E-state index contributed by atoms with van der Waals surface area (Å²) in [7, 11) is 3.26. The van der Waals surface area contributed by atoms with E-state index in [1.54, 1.807) is 19.1 Å². The summed E-state index contributed by atoms with van der Waals surface area (Å²) in [6, 6.07) is 17.5. The molecule has 176 valence electrons. The first-order valence-electron chi connectivity index (χ1n) is 11.3. The van der Waals surface area contributed by atoms with E-state index in [0.29, 0.717) is 47.5 Å². The van der Waals surface area contributed by atoms with Gasteiger partial charge >= 0.3 is 0 Å². The van der Waals surface area contributed by atoms with Crippen LogP contribution >= 0.6 is 11.3 Å². The fraction of sp³-hybridized carbons (Fsp3) is 0.308. The van der Waals surface area contributed by atoms with Gasteiger partial charge in [-0.15, -0.1) is 0 Å². The highest BCUT2D eigenvalue weighted by molar-refractivity contribution is 7.22. The molecule has 0 aliphatic carbocycles. The van der Waals surface area contributed by atoms with E-state index in [1.165, 1.54) is 11.3 Å². The molecule has 7 nitrogen and oxygen atoms in total. The molecule has 0 radical (unpaired) electrons. The van der Waals surface area contributed by atoms with Gasteiger partial charge < -0.3 is 14.2 Å². The first-order chi connectivity index (χ1) is 16.7. The van der Waals surface area contributed by atoms with Crippen molar-refractivity contribution in [2.45, 2.75) is 0 Å². The number of carbonyl (C=O) groups excluding carboxylic acids is 1. The van der Waals surface area contributed by atoms with Gasteiger partial charge in [-0.2, -0.15) is 0 Å². The minimum absolute atomic E-state index is 0.0675. The average Bonchev–Trinajstić information content (AvgIpc) is 3.33. The number of fused-ring (bicyclic) bond motifs is 2. The van der Waals surface area contributed by atoms with E-state index < -0.39 is 0 Å². The highest BCUT2D eigenvalue weighted by atomic mass is 32.1. The number of anilines is 1. The second-order valence-corrected chi connectivity index (χ2v) is 9.06. The monoisotopic (exact) mass is 477 g/mol. The Bertz CT molecular complexity index is 1270. The maximum Gasteiger partial charge on any atom is 0.260 e. The van der Waals surface area contributed by atoms with Crippen LogP contribution in [-0.4, -0.2) is 69.4 Å². The lowest BCUT2D eigenvalue weighted by molar-refractivity contribution is 0.0391. The Balaban J connectivity index is 1.57. The van der Waals surface area contributed by atoms with Gasteiger partial charge in [-0.05, 0) is 29.0 Å². The predicted octanol–water partition coefficient (Wildman–Crippen LogP) is 4.45. The van der Waals surface area contributed by atoms with Gasteiger partial charge in [-0.1, -0.05) is 47.7 Å². The molecule has 1 aliphatic heterocycles. The Hall–Kier alpha value is -3.20. The molecule has 3 aromatic carbocycles. The Kier molecular flexibility index (Phi) is 6.62. The highest BCUT2D eigenvalue weighted by Gasteiger charge is 2.25. The number of ether oxygens (including phenoxy) is 3. The quantitative estimate of drug-likeness (QED) is 0.392. The number of morpholine rings is 1. The zero-order valence-corrected chi connectivity index (χ0v) is 20.1. The number of amides is 1. The van der Waals surface area contributed by atoms with Crippen molar-refractivity contribution >= 4 is 43.4 Å². The lowest BCUT2D eigenvalue weighted by atomic mass is 10.0. The molecule has 0 N–H and O–H groups in total. The van der Waals surface area contributed by atoms with Crippen LogP contribution < -0.4 is 14.4 Å². The maximum absolute atomic E-state index is 14.0. The van der Waals surface area contributed by atoms with Crippen molar-refractivity contribution in [1.29, 1.82) is 0 Å². The molecule has 5 rings (SSSR count). The number of benzene rings is 3. The molecule has 1 saturated heterocycles. The first-order valence-corrected chi connectivity index (χ1v) is 12.1. The molecule has 34 heavy (non-hydrogen) atoms. The number of aromatic nitrogens is 1. The van der Waals surface area contributed by atoms with Crippen molar-refractivity contribution in [2.75, 3.05) is 58.5 Å². The number of nitrogens with zero attached hydrogens (tertiary/aromatic N) is 3. The van der Waals surface area contributed by atoms with Crippen LogP contribution in [0.15, 0.2) is 54.6 Å². The van der Waals surface area contributed by atoms with Gasteiger partial charge in [0.15, 0.2) is 5.13 Å². The van der Waals surface area contributed by atoms with Crippen LogP contribution in [0, 0.1) is 0 Å². The smallest absolute Gasteiger partial charge is 0.260 e. The van der Waals surface area contributed by atoms with E-state index in [-0.39, 0.29) is 5.91 Å². The lowest BCUT2D eigenvalue weighted by Gasteiger charge is -2.29. The molecule has 0 bridgehead atoms. The number of carbonyl (C=O) groups is 1. The Morgan fingerprint density at radius 1 is 1.03 bits per heavy atom. The number of methoxy groups -OCH3 is 2. The van der Waals surface area contributed by atoms with Crippen molar-refractivity contribution in [1.82, 2.24) is 9.88 Å². The summed E-state index contributed by atoms with van der Waals surface area (Å²) < 4.78 is 17.5. The first kappa shape index (κ1) is 22.6. The van der Waals surface area contributed by atoms with E-state index in [2.05, 4.69) is 4.90 Å². The number of hydrogen-bond donors (Lipinski definition) is 0. The SMILES string of the molecule is COc1ccc(OC)c2sc(N(CCN3CCOCC3)C(=O)c3cccc4ccccc34)nc12. The molecule has 2 heterocycles. The van der Waals surface area contributed by atoms with Crippen LogP contribution in [0.5, 0.6) is 11.5 Å². The summed E-state index contributed by atoms with van der Waals surface area (Å²) in [5.41, 5.74) is 1.36. The van der Waals surface area contributed by atoms with Gasteiger partial charge in [-0.25, -0.2) is 4.98 Å². The van der Waals surface area contributed by atoms with Gasteiger partial charge in [0.1, 0.15) is 21.7 Å². The third-order valence-electron chi connectivity index (χ3n) is 6.14. The van der Waals surface area contributed by atoms with Gasteiger partial charge in [0.2, 0.25) is 0 Å². The second kappa shape index (κ2) is 9.97. The average molecular weight is 478 g/mol. The van der Waals surface area contributed by atoms with E-state index in [4.69, 9.17) is 19.2 Å². The van der Waals surface area contributed by atoms with Crippen LogP contribution in [0.3, 0.4) is 0 Å². The third-order valence-corrected chi connectivity index (χ3v) is 7.23. The third kappa shape index (κ3) is 4.32. The minimum atomic E-state index is -0.0675. The van der Waals surface area contributed by atoms with Gasteiger partial charge in [-0.3, -0.25) is 14.6 Å². The normalized spacial score (nSPS) is 14.4. The van der Waals surface area contributed by atoms with Gasteiger partial charge in [0.25, 0.3) is 5.91 Å². The Morgan fingerprint density at radius 2 is 1.76 bits per heavy atom. The zero-order chi connectivity index (χ0) is 23.5. The van der Waals surface area contributed by atoms with Crippen LogP contribution in [0.25, 0.3) is 21.0 Å². The number of hydrogen-bond acceptors (Lipinski definition) is 7. The summed E-state index contributed by atoms with van der Waals surface area (Å²) >= 11 is 1.45. The fourth-order valence-electron chi connectivity index (χ4n) is 4.30. The predicted molar refractivity (Wildman–Crippen MR) is 136 cm³/mol. The molecular weight excluding hydrogens is 450 g/mol. The van der Waals surface area contributed by atoms with E-state index in [0.717, 1.165) is 35.1 Å². The minimum Gasteiger partial charge on any atom is -0.495 e.